The van der Waals surface area contributed by atoms with Crippen LogP contribution in [0.5, 0.6) is 5.75 Å². The number of aliphatic hydroxyl groups excluding tert-OH is 2. The molecule has 1 amide bonds. The number of fused-ring (bicyclic) bond motifs is 3. The van der Waals surface area contributed by atoms with Gasteiger partial charge < -0.3 is 40.9 Å². The van der Waals surface area contributed by atoms with Gasteiger partial charge in [0.05, 0.1) is 17.4 Å². The molecule has 3 fully saturated rings. The number of likely N-dealkylation sites (tertiary alicyclic amines) is 1. The van der Waals surface area contributed by atoms with Gasteiger partial charge >= 0.3 is 0 Å². The fourth-order valence-corrected chi connectivity index (χ4v) is 7.43. The third-order valence-corrected chi connectivity index (χ3v) is 9.56. The van der Waals surface area contributed by atoms with Crippen LogP contribution in [0.4, 0.5) is 5.69 Å². The molecule has 11 heteroatoms. The van der Waals surface area contributed by atoms with Crippen LogP contribution >= 0.6 is 0 Å². The minimum atomic E-state index is -2.65. The quantitative estimate of drug-likeness (QED) is 0.318. The Balaban J connectivity index is 1.58. The Morgan fingerprint density at radius 3 is 2.36 bits per heavy atom. The highest BCUT2D eigenvalue weighted by molar-refractivity contribution is 6.25. The van der Waals surface area contributed by atoms with Gasteiger partial charge in [-0.1, -0.05) is 6.07 Å². The van der Waals surface area contributed by atoms with Crippen LogP contribution < -0.4 is 10.6 Å². The van der Waals surface area contributed by atoms with Gasteiger partial charge in [-0.05, 0) is 77.5 Å². The monoisotopic (exact) mass is 542 g/mol. The fourth-order valence-electron chi connectivity index (χ4n) is 7.43. The largest absolute Gasteiger partial charge is 0.507 e. The molecule has 6 atom stereocenters. The van der Waals surface area contributed by atoms with E-state index in [0.717, 1.165) is 25.9 Å². The molecule has 0 aromatic heterocycles. The number of benzene rings is 1. The van der Waals surface area contributed by atoms with Crippen molar-refractivity contribution in [2.45, 2.75) is 49.5 Å². The number of phenols is 1. The molecule has 39 heavy (non-hydrogen) atoms. The number of carbonyl (C=O) groups excluding carboxylic acids is 3. The lowest BCUT2D eigenvalue weighted by Gasteiger charge is -2.53. The summed E-state index contributed by atoms with van der Waals surface area (Å²) in [6.07, 6.45) is 0.722. The molecule has 212 valence electrons. The van der Waals surface area contributed by atoms with Gasteiger partial charge in [-0.25, -0.2) is 0 Å². The molecule has 0 spiro atoms. The number of anilines is 1. The lowest BCUT2D eigenvalue weighted by molar-refractivity contribution is -0.184. The Labute approximate surface area is 227 Å². The summed E-state index contributed by atoms with van der Waals surface area (Å²) < 4.78 is 0. The Morgan fingerprint density at radius 2 is 1.77 bits per heavy atom. The maximum Gasteiger partial charge on any atom is 0.230 e. The number of nitrogens with zero attached hydrogens (tertiary/aromatic N) is 3. The van der Waals surface area contributed by atoms with E-state index in [-0.39, 0.29) is 29.3 Å². The van der Waals surface area contributed by atoms with E-state index in [4.69, 9.17) is 5.73 Å². The molecule has 1 heterocycles. The fraction of sp³-hybridized carbons (Fsp3) is 0.607. The Bertz CT molecular complexity index is 1250. The normalized spacial score (nSPS) is 33.6. The van der Waals surface area contributed by atoms with Gasteiger partial charge in [0.25, 0.3) is 0 Å². The molecule has 5 rings (SSSR count). The molecule has 3 unspecified atom stereocenters. The number of aromatic hydroxyl groups is 1. The predicted molar refractivity (Wildman–Crippen MR) is 143 cm³/mol. The number of carbonyl (C=O) groups is 3. The zero-order chi connectivity index (χ0) is 28.5. The van der Waals surface area contributed by atoms with Crippen LogP contribution in [-0.4, -0.2) is 113 Å². The van der Waals surface area contributed by atoms with Crippen molar-refractivity contribution in [1.29, 1.82) is 0 Å². The smallest absolute Gasteiger partial charge is 0.230 e. The molecule has 11 nitrogen and oxygen atoms in total. The highest BCUT2D eigenvalue weighted by atomic mass is 16.3. The number of primary amides is 1. The number of amides is 1. The highest BCUT2D eigenvalue weighted by Gasteiger charge is 2.67. The van der Waals surface area contributed by atoms with Crippen molar-refractivity contribution in [1.82, 2.24) is 9.80 Å². The van der Waals surface area contributed by atoms with Gasteiger partial charge in [-0.3, -0.25) is 14.4 Å². The molecular formula is C28H38N4O7. The number of ketones is 2. The first-order valence-corrected chi connectivity index (χ1v) is 13.5. The topological polar surface area (TPSA) is 168 Å². The second-order valence-electron chi connectivity index (χ2n) is 11.9. The number of nitrogens with two attached hydrogens (primary N) is 1. The van der Waals surface area contributed by atoms with Crippen molar-refractivity contribution >= 4 is 28.9 Å². The first-order valence-electron chi connectivity index (χ1n) is 13.5. The van der Waals surface area contributed by atoms with Gasteiger partial charge in [-0.15, -0.1) is 0 Å². The van der Waals surface area contributed by atoms with Gasteiger partial charge in [0, 0.05) is 30.6 Å². The second-order valence-corrected chi connectivity index (χ2v) is 11.9. The van der Waals surface area contributed by atoms with Crippen molar-refractivity contribution in [2.75, 3.05) is 46.2 Å². The lowest BCUT2D eigenvalue weighted by atomic mass is 9.54. The Hall–Kier alpha value is -2.99. The summed E-state index contributed by atoms with van der Waals surface area (Å²) in [6, 6.07) is 2.94. The van der Waals surface area contributed by atoms with E-state index in [1.54, 1.807) is 19.0 Å². The summed E-state index contributed by atoms with van der Waals surface area (Å²) in [5.41, 5.74) is 3.93. The number of aliphatic hydroxyl groups is 3. The minimum Gasteiger partial charge on any atom is -0.507 e. The number of Topliss-reactive ketones (excluding diaryl/α,β-unsaturated/α-hetero) is 2. The van der Waals surface area contributed by atoms with Crippen LogP contribution in [0.15, 0.2) is 17.7 Å². The minimum absolute atomic E-state index is 0.107. The average molecular weight is 543 g/mol. The molecule has 1 aromatic rings. The van der Waals surface area contributed by atoms with Crippen LogP contribution in [0.2, 0.25) is 0 Å². The van der Waals surface area contributed by atoms with Crippen molar-refractivity contribution in [3.05, 3.63) is 28.8 Å². The first kappa shape index (κ1) is 27.6. The summed E-state index contributed by atoms with van der Waals surface area (Å²) in [7, 11) is 7.22. The number of hydrogen-bond donors (Lipinski definition) is 5. The van der Waals surface area contributed by atoms with Gasteiger partial charge in [0.2, 0.25) is 11.7 Å². The molecule has 1 aliphatic heterocycles. The van der Waals surface area contributed by atoms with Gasteiger partial charge in [0.15, 0.2) is 11.4 Å². The van der Waals surface area contributed by atoms with E-state index in [2.05, 4.69) is 11.9 Å². The van der Waals surface area contributed by atoms with Crippen molar-refractivity contribution in [3.63, 3.8) is 0 Å². The summed E-state index contributed by atoms with van der Waals surface area (Å²) in [5.74, 6) is -7.27. The van der Waals surface area contributed by atoms with Crippen LogP contribution in [-0.2, 0) is 20.8 Å². The molecule has 0 radical (unpaired) electrons. The summed E-state index contributed by atoms with van der Waals surface area (Å²) in [6.45, 7) is 1.85. The number of hydrogen-bond acceptors (Lipinski definition) is 10. The van der Waals surface area contributed by atoms with Crippen LogP contribution in [0.25, 0.3) is 5.76 Å². The molecule has 6 N–H and O–H groups in total. The van der Waals surface area contributed by atoms with Crippen LogP contribution in [0.3, 0.4) is 0 Å². The first-order chi connectivity index (χ1) is 18.3. The zero-order valence-corrected chi connectivity index (χ0v) is 22.8. The Morgan fingerprint density at radius 1 is 1.13 bits per heavy atom. The van der Waals surface area contributed by atoms with E-state index >= 15 is 0 Å². The van der Waals surface area contributed by atoms with Gasteiger partial charge in [-0.2, -0.15) is 0 Å². The van der Waals surface area contributed by atoms with E-state index in [9.17, 15) is 34.8 Å². The van der Waals surface area contributed by atoms with Crippen molar-refractivity contribution in [2.24, 2.45) is 23.5 Å². The van der Waals surface area contributed by atoms with E-state index in [1.807, 2.05) is 24.1 Å². The number of piperidine rings is 1. The molecule has 0 bridgehead atoms. The molecular weight excluding hydrogens is 504 g/mol. The average Bonchev–Trinajstić information content (AvgIpc) is 2.86. The zero-order valence-electron chi connectivity index (χ0n) is 22.8. The molecule has 1 saturated heterocycles. The molecule has 2 saturated carbocycles. The molecule has 1 aromatic carbocycles. The standard InChI is InChI=1S/C28H38N4O7/c1-30(2)21-16-12-14-11-13-5-6-17(32(4)15-7-9-31(3)10-8-15)22(33)18(13)23(34)19(14)25(36)28(16,39)26(37)20(24(21)35)27(29)38/h5-6,14-16,20-21,24,33-35,39H,7-12H2,1-4H3,(H2,29,38)/t14-,16-,20?,21?,24?,28-/m1/s1. The maximum atomic E-state index is 14.0. The summed E-state index contributed by atoms with van der Waals surface area (Å²) in [4.78, 5) is 45.4. The third kappa shape index (κ3) is 3.97. The van der Waals surface area contributed by atoms with Crippen LogP contribution in [0.1, 0.15) is 30.4 Å². The maximum absolute atomic E-state index is 14.0. The van der Waals surface area contributed by atoms with E-state index in [0.29, 0.717) is 17.7 Å². The summed E-state index contributed by atoms with van der Waals surface area (Å²) in [5, 5.41) is 45.5. The number of rotatable bonds is 4. The van der Waals surface area contributed by atoms with Gasteiger partial charge in [0.1, 0.15) is 17.4 Å². The molecule has 4 aliphatic rings. The second kappa shape index (κ2) is 9.58. The van der Waals surface area contributed by atoms with Crippen molar-refractivity contribution in [3.8, 4) is 5.75 Å². The molecule has 3 aliphatic carbocycles. The van der Waals surface area contributed by atoms with Crippen LogP contribution in [0, 0.1) is 17.8 Å². The van der Waals surface area contributed by atoms with E-state index in [1.165, 1.54) is 0 Å². The van der Waals surface area contributed by atoms with Crippen molar-refractivity contribution < 1.29 is 34.8 Å². The highest BCUT2D eigenvalue weighted by Crippen LogP contribution is 2.53. The summed E-state index contributed by atoms with van der Waals surface area (Å²) >= 11 is 0. The SMILES string of the molecule is CN1CCC(N(C)c2ccc3c(c2O)C(O)=C2C(=O)[C@@]4(O)C(=O)C(C(N)=O)C(O)C(N(C)C)[C@H]4C[C@H]2C3)CC1. The predicted octanol–water partition coefficient (Wildman–Crippen LogP) is -0.341. The van der Waals surface area contributed by atoms with E-state index < -0.39 is 58.7 Å². The Kier molecular flexibility index (Phi) is 6.77. The lowest BCUT2D eigenvalue weighted by Crippen LogP contribution is -2.73. The number of likely N-dealkylation sites (N-methyl/N-ethyl adjacent to an activating group) is 1. The third-order valence-electron chi connectivity index (χ3n) is 9.56. The number of phenolic OH excluding ortho intramolecular Hbond substituents is 1.